The molecule has 3 aliphatic rings. The average Bonchev–Trinajstić information content (AvgIpc) is 2.94. The predicted octanol–water partition coefficient (Wildman–Crippen LogP) is 4.85. The number of aromatic nitrogens is 3. The lowest BCUT2D eigenvalue weighted by atomic mass is 9.62. The first-order chi connectivity index (χ1) is 21.0. The van der Waals surface area contributed by atoms with Gasteiger partial charge in [-0.3, -0.25) is 9.36 Å². The van der Waals surface area contributed by atoms with Gasteiger partial charge in [-0.05, 0) is 64.7 Å². The molecule has 0 radical (unpaired) electrons. The summed E-state index contributed by atoms with van der Waals surface area (Å²) in [6, 6.07) is 11.9. The lowest BCUT2D eigenvalue weighted by Gasteiger charge is -2.57. The average molecular weight is 605 g/mol. The first-order valence-electron chi connectivity index (χ1n) is 15.0. The number of piperidine rings is 1. The Bertz CT molecular complexity index is 1600. The van der Waals surface area contributed by atoms with Crippen LogP contribution in [0.3, 0.4) is 0 Å². The molecule has 1 spiro atoms. The summed E-state index contributed by atoms with van der Waals surface area (Å²) in [5, 5.41) is 3.28. The van der Waals surface area contributed by atoms with Crippen LogP contribution in [-0.4, -0.2) is 80.4 Å². The Morgan fingerprint density at radius 3 is 2.48 bits per heavy atom. The van der Waals surface area contributed by atoms with Crippen molar-refractivity contribution in [1.82, 2.24) is 24.3 Å². The number of benzene rings is 1. The van der Waals surface area contributed by atoms with E-state index in [0.29, 0.717) is 56.2 Å². The Morgan fingerprint density at radius 2 is 1.77 bits per heavy atom. The number of hydrogen-bond donors (Lipinski definition) is 1. The molecule has 3 fully saturated rings. The summed E-state index contributed by atoms with van der Waals surface area (Å²) < 4.78 is 27.5. The van der Waals surface area contributed by atoms with E-state index in [0.717, 1.165) is 19.0 Å². The lowest BCUT2D eigenvalue weighted by Crippen LogP contribution is -2.66. The fraction of sp³-hybridized carbons (Fsp3) is 0.469. The Hall–Kier alpha value is -4.48. The van der Waals surface area contributed by atoms with Gasteiger partial charge in [-0.25, -0.2) is 23.9 Å². The van der Waals surface area contributed by atoms with Crippen molar-refractivity contribution in [2.24, 2.45) is 5.41 Å². The molecule has 12 heteroatoms. The van der Waals surface area contributed by atoms with Crippen LogP contribution < -0.4 is 10.9 Å². The molecule has 1 N–H and O–H groups in total. The molecule has 4 heterocycles. The third-order valence-electron chi connectivity index (χ3n) is 8.34. The van der Waals surface area contributed by atoms with Crippen molar-refractivity contribution < 1.29 is 23.5 Å². The number of nitrogens with zero attached hydrogens (tertiary/aromatic N) is 5. The highest BCUT2D eigenvalue weighted by Crippen LogP contribution is 2.50. The zero-order valence-corrected chi connectivity index (χ0v) is 25.2. The van der Waals surface area contributed by atoms with Crippen molar-refractivity contribution in [2.45, 2.75) is 64.2 Å². The molecule has 2 aliphatic heterocycles. The number of likely N-dealkylation sites (tertiary alicyclic amines) is 2. The first kappa shape index (κ1) is 29.6. The van der Waals surface area contributed by atoms with E-state index < -0.39 is 11.4 Å². The molecule has 2 amide bonds. The van der Waals surface area contributed by atoms with Crippen LogP contribution in [0.15, 0.2) is 59.7 Å². The molecule has 3 aromatic rings. The van der Waals surface area contributed by atoms with Crippen LogP contribution in [0.1, 0.15) is 46.5 Å². The Morgan fingerprint density at radius 1 is 1.02 bits per heavy atom. The number of carbonyl (C=O) groups excluding carboxylic acids is 2. The number of amides is 2. The monoisotopic (exact) mass is 604 g/mol. The summed E-state index contributed by atoms with van der Waals surface area (Å²) in [7, 11) is 0. The van der Waals surface area contributed by atoms with Gasteiger partial charge in [0, 0.05) is 61.1 Å². The van der Waals surface area contributed by atoms with Crippen molar-refractivity contribution in [3.63, 3.8) is 0 Å². The van der Waals surface area contributed by atoms with Gasteiger partial charge in [-0.1, -0.05) is 18.2 Å². The second-order valence-electron chi connectivity index (χ2n) is 13.0. The van der Waals surface area contributed by atoms with Crippen LogP contribution in [0.4, 0.5) is 19.9 Å². The van der Waals surface area contributed by atoms with Crippen LogP contribution in [0, 0.1) is 11.2 Å². The third-order valence-corrected chi connectivity index (χ3v) is 8.34. The molecular formula is C32H37FN6O5. The molecule has 1 aliphatic carbocycles. The zero-order valence-electron chi connectivity index (χ0n) is 25.2. The van der Waals surface area contributed by atoms with Crippen molar-refractivity contribution in [3.05, 3.63) is 71.0 Å². The zero-order chi connectivity index (χ0) is 31.1. The highest BCUT2D eigenvalue weighted by molar-refractivity contribution is 5.70. The maximum Gasteiger partial charge on any atom is 0.410 e. The minimum Gasteiger partial charge on any atom is -0.446 e. The summed E-state index contributed by atoms with van der Waals surface area (Å²) in [6.07, 6.45) is 4.89. The van der Waals surface area contributed by atoms with Gasteiger partial charge in [0.05, 0.1) is 6.20 Å². The number of ether oxygens (including phenoxy) is 2. The number of pyridine rings is 1. The maximum atomic E-state index is 14.8. The van der Waals surface area contributed by atoms with E-state index in [1.54, 1.807) is 52.4 Å². The van der Waals surface area contributed by atoms with Crippen LogP contribution in [0.5, 0.6) is 0 Å². The molecule has 0 bridgehead atoms. The molecule has 2 saturated heterocycles. The van der Waals surface area contributed by atoms with Gasteiger partial charge >= 0.3 is 12.2 Å². The molecule has 11 nitrogen and oxygen atoms in total. The van der Waals surface area contributed by atoms with Gasteiger partial charge in [0.25, 0.3) is 5.56 Å². The van der Waals surface area contributed by atoms with Gasteiger partial charge in [0.15, 0.2) is 5.82 Å². The van der Waals surface area contributed by atoms with E-state index in [1.807, 2.05) is 20.8 Å². The fourth-order valence-electron chi connectivity index (χ4n) is 6.16. The topological polar surface area (TPSA) is 119 Å². The molecule has 2 aromatic heterocycles. The largest absolute Gasteiger partial charge is 0.446 e. The SMILES string of the molecule is CC(C)(C)OC(=O)N1CC2(CC(OC(=O)N3CCC(Nc4ncc(F)c(-c5cccc(-n6ccccc6=O)c5)n4)CC3)C2)C1. The highest BCUT2D eigenvalue weighted by Gasteiger charge is 2.56. The van der Waals surface area contributed by atoms with Crippen molar-refractivity contribution in [2.75, 3.05) is 31.5 Å². The normalized spacial score (nSPS) is 18.4. The summed E-state index contributed by atoms with van der Waals surface area (Å²) in [6.45, 7) is 7.86. The number of halogens is 1. The van der Waals surface area contributed by atoms with Crippen molar-refractivity contribution in [1.29, 1.82) is 0 Å². The molecule has 1 aromatic carbocycles. The van der Waals surface area contributed by atoms with Gasteiger partial charge < -0.3 is 24.6 Å². The van der Waals surface area contributed by atoms with E-state index in [9.17, 15) is 18.8 Å². The lowest BCUT2D eigenvalue weighted by molar-refractivity contribution is -0.130. The van der Waals surface area contributed by atoms with E-state index in [1.165, 1.54) is 10.6 Å². The molecule has 0 unspecified atom stereocenters. The first-order valence-corrected chi connectivity index (χ1v) is 15.0. The smallest absolute Gasteiger partial charge is 0.410 e. The summed E-state index contributed by atoms with van der Waals surface area (Å²) >= 11 is 0. The quantitative estimate of drug-likeness (QED) is 0.439. The number of rotatable bonds is 5. The minimum absolute atomic E-state index is 0.00683. The molecular weight excluding hydrogens is 567 g/mol. The minimum atomic E-state index is -0.567. The maximum absolute atomic E-state index is 14.8. The predicted molar refractivity (Wildman–Crippen MR) is 161 cm³/mol. The van der Waals surface area contributed by atoms with Crippen LogP contribution in [-0.2, 0) is 9.47 Å². The van der Waals surface area contributed by atoms with Gasteiger partial charge in [0.2, 0.25) is 5.95 Å². The van der Waals surface area contributed by atoms with Gasteiger partial charge in [0.1, 0.15) is 17.4 Å². The van der Waals surface area contributed by atoms with Crippen molar-refractivity contribution in [3.8, 4) is 16.9 Å². The van der Waals surface area contributed by atoms with E-state index >= 15 is 0 Å². The van der Waals surface area contributed by atoms with Crippen LogP contribution in [0.25, 0.3) is 16.9 Å². The van der Waals surface area contributed by atoms with Gasteiger partial charge in [-0.15, -0.1) is 0 Å². The van der Waals surface area contributed by atoms with Gasteiger partial charge in [-0.2, -0.15) is 0 Å². The summed E-state index contributed by atoms with van der Waals surface area (Å²) in [4.78, 5) is 49.3. The molecule has 6 rings (SSSR count). The van der Waals surface area contributed by atoms with Crippen LogP contribution >= 0.6 is 0 Å². The van der Waals surface area contributed by atoms with E-state index in [4.69, 9.17) is 9.47 Å². The Balaban J connectivity index is 0.981. The standard InChI is InChI=1S/C32H37FN6O5/c1-31(2,3)44-30(42)38-19-32(20-38)16-24(17-32)43-29(41)37-13-10-22(11-14-37)35-28-34-18-25(33)27(36-28)21-7-6-8-23(15-21)39-12-5-4-9-26(39)40/h4-9,12,15,18,22,24H,10-11,13-14,16-17,19-20H2,1-3H3,(H,34,35,36). The van der Waals surface area contributed by atoms with E-state index in [-0.39, 0.29) is 41.0 Å². The summed E-state index contributed by atoms with van der Waals surface area (Å²) in [5.74, 6) is -0.270. The number of anilines is 1. The molecule has 0 atom stereocenters. The highest BCUT2D eigenvalue weighted by atomic mass is 19.1. The second kappa shape index (κ2) is 11.5. The van der Waals surface area contributed by atoms with E-state index in [2.05, 4.69) is 15.3 Å². The number of carbonyl (C=O) groups is 2. The number of hydrogen-bond acceptors (Lipinski definition) is 8. The summed E-state index contributed by atoms with van der Waals surface area (Å²) in [5.41, 5.74) is 0.589. The molecule has 1 saturated carbocycles. The second-order valence-corrected chi connectivity index (χ2v) is 13.0. The van der Waals surface area contributed by atoms with Crippen LogP contribution in [0.2, 0.25) is 0 Å². The Labute approximate surface area is 255 Å². The van der Waals surface area contributed by atoms with Crippen molar-refractivity contribution >= 4 is 18.1 Å². The molecule has 44 heavy (non-hydrogen) atoms. The Kier molecular flexibility index (Phi) is 7.77. The number of nitrogens with one attached hydrogen (secondary N) is 1. The molecule has 232 valence electrons. The third kappa shape index (κ3) is 6.39. The fourth-order valence-corrected chi connectivity index (χ4v) is 6.16.